The summed E-state index contributed by atoms with van der Waals surface area (Å²) in [5, 5.41) is 2.75. The van der Waals surface area contributed by atoms with E-state index in [2.05, 4.69) is 38.1 Å². The Labute approximate surface area is 169 Å². The zero-order valence-corrected chi connectivity index (χ0v) is 16.8. The second-order valence-corrected chi connectivity index (χ2v) is 7.06. The number of aromatic nitrogens is 2. The molecular weight excluding hydrogens is 433 g/mol. The lowest BCUT2D eigenvalue weighted by Crippen LogP contribution is -2.17. The van der Waals surface area contributed by atoms with Gasteiger partial charge in [0.05, 0.1) is 0 Å². The number of hydrogen-bond donors (Lipinski definition) is 1. The maximum absolute atomic E-state index is 13.4. The van der Waals surface area contributed by atoms with Gasteiger partial charge < -0.3 is 10.2 Å². The smallest absolute Gasteiger partial charge is 0.340 e. The van der Waals surface area contributed by atoms with Crippen molar-refractivity contribution in [3.8, 4) is 0 Å². The fraction of sp³-hybridized carbons (Fsp3) is 0.200. The SMILES string of the molecule is CCc1ccc(N(C)c2ncc(C(F)(F)F)c(Nc3ccc(Br)cc3)n2)cc1. The maximum atomic E-state index is 13.4. The van der Waals surface area contributed by atoms with Gasteiger partial charge in [-0.3, -0.25) is 0 Å². The Hall–Kier alpha value is -2.61. The van der Waals surface area contributed by atoms with Crippen molar-refractivity contribution in [2.24, 2.45) is 0 Å². The van der Waals surface area contributed by atoms with Crippen LogP contribution in [0.25, 0.3) is 0 Å². The summed E-state index contributed by atoms with van der Waals surface area (Å²) in [4.78, 5) is 9.72. The highest BCUT2D eigenvalue weighted by Crippen LogP contribution is 2.36. The van der Waals surface area contributed by atoms with Crippen molar-refractivity contribution in [1.29, 1.82) is 0 Å². The summed E-state index contributed by atoms with van der Waals surface area (Å²) in [5.74, 6) is -0.131. The highest BCUT2D eigenvalue weighted by Gasteiger charge is 2.35. The third-order valence-electron chi connectivity index (χ3n) is 4.22. The lowest BCUT2D eigenvalue weighted by molar-refractivity contribution is -0.137. The first-order valence-electron chi connectivity index (χ1n) is 8.57. The molecule has 4 nitrogen and oxygen atoms in total. The van der Waals surface area contributed by atoms with Crippen LogP contribution in [0.4, 0.5) is 36.3 Å². The van der Waals surface area contributed by atoms with Crippen LogP contribution >= 0.6 is 15.9 Å². The quantitative estimate of drug-likeness (QED) is 0.492. The van der Waals surface area contributed by atoms with Crippen molar-refractivity contribution >= 4 is 39.1 Å². The van der Waals surface area contributed by atoms with Gasteiger partial charge >= 0.3 is 6.18 Å². The van der Waals surface area contributed by atoms with Crippen LogP contribution in [0.5, 0.6) is 0 Å². The lowest BCUT2D eigenvalue weighted by Gasteiger charge is -2.20. The van der Waals surface area contributed by atoms with E-state index < -0.39 is 11.7 Å². The van der Waals surface area contributed by atoms with Gasteiger partial charge in [0.25, 0.3) is 0 Å². The molecule has 0 spiro atoms. The number of aryl methyl sites for hydroxylation is 1. The first-order chi connectivity index (χ1) is 13.3. The average Bonchev–Trinajstić information content (AvgIpc) is 2.68. The second kappa shape index (κ2) is 8.18. The van der Waals surface area contributed by atoms with Crippen molar-refractivity contribution in [1.82, 2.24) is 9.97 Å². The molecule has 0 atom stereocenters. The fourth-order valence-corrected chi connectivity index (χ4v) is 2.84. The topological polar surface area (TPSA) is 41.1 Å². The molecule has 0 aliphatic rings. The molecule has 8 heteroatoms. The third-order valence-corrected chi connectivity index (χ3v) is 4.75. The van der Waals surface area contributed by atoms with Gasteiger partial charge in [0.2, 0.25) is 5.95 Å². The molecule has 3 aromatic rings. The molecule has 0 bridgehead atoms. The molecule has 1 N–H and O–H groups in total. The van der Waals surface area contributed by atoms with Crippen LogP contribution in [-0.4, -0.2) is 17.0 Å². The van der Waals surface area contributed by atoms with Gasteiger partial charge in [0.1, 0.15) is 11.4 Å². The molecule has 28 heavy (non-hydrogen) atoms. The summed E-state index contributed by atoms with van der Waals surface area (Å²) in [6.07, 6.45) is -2.86. The van der Waals surface area contributed by atoms with Crippen molar-refractivity contribution in [3.05, 3.63) is 70.3 Å². The molecule has 2 aromatic carbocycles. The van der Waals surface area contributed by atoms with Gasteiger partial charge in [-0.1, -0.05) is 35.0 Å². The minimum Gasteiger partial charge on any atom is -0.340 e. The molecular formula is C20H18BrF3N4. The fourth-order valence-electron chi connectivity index (χ4n) is 2.58. The number of benzene rings is 2. The van der Waals surface area contributed by atoms with Crippen molar-refractivity contribution in [2.45, 2.75) is 19.5 Å². The van der Waals surface area contributed by atoms with Crippen LogP contribution in [0.3, 0.4) is 0 Å². The zero-order chi connectivity index (χ0) is 20.3. The number of nitrogens with zero attached hydrogens (tertiary/aromatic N) is 3. The summed E-state index contributed by atoms with van der Waals surface area (Å²) in [6, 6.07) is 14.5. The highest BCUT2D eigenvalue weighted by atomic mass is 79.9. The minimum absolute atomic E-state index is 0.164. The van der Waals surface area contributed by atoms with Crippen LogP contribution in [0.1, 0.15) is 18.1 Å². The van der Waals surface area contributed by atoms with Gasteiger partial charge in [0.15, 0.2) is 0 Å². The predicted octanol–water partition coefficient (Wildman–Crippen LogP) is 6.33. The Balaban J connectivity index is 1.97. The molecule has 0 radical (unpaired) electrons. The zero-order valence-electron chi connectivity index (χ0n) is 15.3. The first-order valence-corrected chi connectivity index (χ1v) is 9.36. The van der Waals surface area contributed by atoms with Crippen molar-refractivity contribution in [3.63, 3.8) is 0 Å². The monoisotopic (exact) mass is 450 g/mol. The van der Waals surface area contributed by atoms with Gasteiger partial charge in [-0.05, 0) is 48.4 Å². The van der Waals surface area contributed by atoms with Gasteiger partial charge in [-0.2, -0.15) is 18.2 Å². The molecule has 0 amide bonds. The number of nitrogens with one attached hydrogen (secondary N) is 1. The van der Waals surface area contributed by atoms with Crippen molar-refractivity contribution in [2.75, 3.05) is 17.3 Å². The molecule has 0 saturated heterocycles. The van der Waals surface area contributed by atoms with Crippen LogP contribution in [0.15, 0.2) is 59.2 Å². The summed E-state index contributed by atoms with van der Waals surface area (Å²) < 4.78 is 41.1. The lowest BCUT2D eigenvalue weighted by atomic mass is 10.1. The average molecular weight is 451 g/mol. The summed E-state index contributed by atoms with van der Waals surface area (Å²) in [7, 11) is 1.72. The summed E-state index contributed by atoms with van der Waals surface area (Å²) >= 11 is 3.30. The van der Waals surface area contributed by atoms with Gasteiger partial charge in [-0.25, -0.2) is 4.98 Å². The third kappa shape index (κ3) is 4.62. The Kier molecular flexibility index (Phi) is 5.88. The Morgan fingerprint density at radius 2 is 1.68 bits per heavy atom. The molecule has 1 heterocycles. The molecule has 0 aliphatic heterocycles. The van der Waals surface area contributed by atoms with E-state index in [1.807, 2.05) is 24.3 Å². The summed E-state index contributed by atoms with van der Waals surface area (Å²) in [5.41, 5.74) is 1.52. The van der Waals surface area contributed by atoms with E-state index in [0.717, 1.165) is 22.8 Å². The Morgan fingerprint density at radius 3 is 2.25 bits per heavy atom. The van der Waals surface area contributed by atoms with E-state index in [1.54, 1.807) is 36.2 Å². The Morgan fingerprint density at radius 1 is 1.04 bits per heavy atom. The standard InChI is InChI=1S/C20H18BrF3N4/c1-3-13-4-10-16(11-5-13)28(2)19-25-12-17(20(22,23)24)18(27-19)26-15-8-6-14(21)7-9-15/h4-12H,3H2,1-2H3,(H,25,26,27). The number of anilines is 4. The molecule has 0 aliphatic carbocycles. The molecule has 0 saturated carbocycles. The first kappa shape index (κ1) is 20.1. The number of hydrogen-bond acceptors (Lipinski definition) is 4. The van der Waals surface area contributed by atoms with Gasteiger partial charge in [-0.15, -0.1) is 0 Å². The van der Waals surface area contributed by atoms with Crippen molar-refractivity contribution < 1.29 is 13.2 Å². The molecule has 0 fully saturated rings. The largest absolute Gasteiger partial charge is 0.421 e. The Bertz CT molecular complexity index is 941. The maximum Gasteiger partial charge on any atom is 0.421 e. The van der Waals surface area contributed by atoms with E-state index in [4.69, 9.17) is 0 Å². The van der Waals surface area contributed by atoms with E-state index >= 15 is 0 Å². The predicted molar refractivity (Wildman–Crippen MR) is 108 cm³/mol. The summed E-state index contributed by atoms with van der Waals surface area (Å²) in [6.45, 7) is 2.05. The minimum atomic E-state index is -4.57. The molecule has 3 rings (SSSR count). The number of alkyl halides is 3. The van der Waals surface area contributed by atoms with Crippen LogP contribution in [-0.2, 0) is 12.6 Å². The van der Waals surface area contributed by atoms with Crippen LogP contribution in [0.2, 0.25) is 0 Å². The highest BCUT2D eigenvalue weighted by molar-refractivity contribution is 9.10. The molecule has 146 valence electrons. The molecule has 0 unspecified atom stereocenters. The van der Waals surface area contributed by atoms with Crippen LogP contribution in [0, 0.1) is 0 Å². The van der Waals surface area contributed by atoms with E-state index in [9.17, 15) is 13.2 Å². The van der Waals surface area contributed by atoms with Crippen LogP contribution < -0.4 is 10.2 Å². The second-order valence-electron chi connectivity index (χ2n) is 6.14. The normalized spacial score (nSPS) is 11.4. The van der Waals surface area contributed by atoms with E-state index in [1.165, 1.54) is 5.56 Å². The van der Waals surface area contributed by atoms with E-state index in [0.29, 0.717) is 5.69 Å². The molecule has 1 aromatic heterocycles. The van der Waals surface area contributed by atoms with Gasteiger partial charge in [0, 0.05) is 29.1 Å². The number of halogens is 4. The van der Waals surface area contributed by atoms with E-state index in [-0.39, 0.29) is 11.8 Å². The number of rotatable bonds is 5.